The first-order valence-electron chi connectivity index (χ1n) is 13.8. The molecule has 0 bridgehead atoms. The van der Waals surface area contributed by atoms with Crippen molar-refractivity contribution >= 4 is 17.8 Å². The molecular formula is C29H42N8O2. The Morgan fingerprint density at radius 3 is 2.41 bits per heavy atom. The molecule has 10 heteroatoms. The van der Waals surface area contributed by atoms with Crippen molar-refractivity contribution in [1.82, 2.24) is 20.7 Å². The number of nitrogens with one attached hydrogen (secondary N) is 2. The van der Waals surface area contributed by atoms with E-state index in [4.69, 9.17) is 17.2 Å². The number of benzene rings is 2. The second-order valence-electron chi connectivity index (χ2n) is 10.7. The summed E-state index contributed by atoms with van der Waals surface area (Å²) >= 11 is 0. The Morgan fingerprint density at radius 2 is 1.72 bits per heavy atom. The number of hydrogen-bond acceptors (Lipinski definition) is 6. The van der Waals surface area contributed by atoms with E-state index in [1.54, 1.807) is 0 Å². The van der Waals surface area contributed by atoms with Crippen LogP contribution in [0.25, 0.3) is 0 Å². The zero-order valence-electron chi connectivity index (χ0n) is 22.6. The lowest BCUT2D eigenvalue weighted by Gasteiger charge is -2.45. The minimum atomic E-state index is -0.673. The van der Waals surface area contributed by atoms with Crippen LogP contribution in [0.5, 0.6) is 0 Å². The molecule has 2 heterocycles. The first-order chi connectivity index (χ1) is 18.8. The number of carbonyl (C=O) groups is 2. The number of fused-ring (bicyclic) bond motifs is 1. The fourth-order valence-electron chi connectivity index (χ4n) is 5.50. The van der Waals surface area contributed by atoms with E-state index >= 15 is 0 Å². The van der Waals surface area contributed by atoms with Gasteiger partial charge < -0.3 is 27.8 Å². The third kappa shape index (κ3) is 8.26. The molecular weight excluding hydrogens is 492 g/mol. The number of rotatable bonds is 12. The lowest BCUT2D eigenvalue weighted by molar-refractivity contribution is -0.137. The maximum absolute atomic E-state index is 13.6. The van der Waals surface area contributed by atoms with Gasteiger partial charge in [0.15, 0.2) is 5.96 Å². The fraction of sp³-hybridized carbons (Fsp3) is 0.483. The molecule has 39 heavy (non-hydrogen) atoms. The van der Waals surface area contributed by atoms with Crippen molar-refractivity contribution in [2.45, 2.75) is 56.1 Å². The van der Waals surface area contributed by atoms with Crippen molar-refractivity contribution in [3.63, 3.8) is 0 Å². The molecule has 3 atom stereocenters. The Morgan fingerprint density at radius 1 is 1.03 bits per heavy atom. The molecule has 2 aliphatic heterocycles. The van der Waals surface area contributed by atoms with E-state index in [1.807, 2.05) is 48.5 Å². The molecule has 2 aliphatic rings. The largest absolute Gasteiger partial charge is 0.370 e. The Bertz CT molecular complexity index is 1110. The van der Waals surface area contributed by atoms with Crippen molar-refractivity contribution in [2.75, 3.05) is 32.7 Å². The molecule has 10 nitrogen and oxygen atoms in total. The van der Waals surface area contributed by atoms with Crippen LogP contribution < -0.4 is 27.8 Å². The molecule has 2 fully saturated rings. The summed E-state index contributed by atoms with van der Waals surface area (Å²) in [5.41, 5.74) is 19.7. The average Bonchev–Trinajstić information content (AvgIpc) is 3.34. The molecule has 2 aromatic rings. The number of nitrogens with two attached hydrogens (primary N) is 3. The Balaban J connectivity index is 1.37. The highest BCUT2D eigenvalue weighted by atomic mass is 16.2. The van der Waals surface area contributed by atoms with Crippen molar-refractivity contribution in [3.8, 4) is 0 Å². The van der Waals surface area contributed by atoms with E-state index in [1.165, 1.54) is 5.56 Å². The molecule has 2 amide bonds. The molecule has 0 aliphatic carbocycles. The van der Waals surface area contributed by atoms with E-state index in [0.717, 1.165) is 31.5 Å². The molecule has 0 unspecified atom stereocenters. The third-order valence-corrected chi connectivity index (χ3v) is 7.56. The highest BCUT2D eigenvalue weighted by Crippen LogP contribution is 2.30. The molecule has 4 rings (SSSR count). The van der Waals surface area contributed by atoms with Gasteiger partial charge in [0.25, 0.3) is 0 Å². The molecule has 0 saturated carbocycles. The first-order valence-corrected chi connectivity index (χ1v) is 13.8. The minimum absolute atomic E-state index is 0.0137. The van der Waals surface area contributed by atoms with E-state index < -0.39 is 11.6 Å². The smallest absolute Gasteiger partial charge is 0.242 e. The van der Waals surface area contributed by atoms with E-state index in [2.05, 4.69) is 37.8 Å². The Hall–Kier alpha value is -3.47. The second-order valence-corrected chi connectivity index (χ2v) is 10.7. The van der Waals surface area contributed by atoms with E-state index in [-0.39, 0.29) is 23.8 Å². The fourth-order valence-corrected chi connectivity index (χ4v) is 5.50. The topological polar surface area (TPSA) is 155 Å². The SMILES string of the molecule is NC(N)=NCCC[C@H](NC(=O)[C@@H]1CCN2CC[C@@](N)(Cc3ccccc3)CN12)C(=O)NCCc1ccccc1. The van der Waals surface area contributed by atoms with Gasteiger partial charge in [0.2, 0.25) is 11.8 Å². The second kappa shape index (κ2) is 13.5. The molecule has 0 aromatic heterocycles. The van der Waals surface area contributed by atoms with Gasteiger partial charge in [0, 0.05) is 38.3 Å². The van der Waals surface area contributed by atoms with Crippen molar-refractivity contribution in [2.24, 2.45) is 22.2 Å². The van der Waals surface area contributed by atoms with Crippen LogP contribution in [0.1, 0.15) is 36.8 Å². The zero-order chi connectivity index (χ0) is 27.7. The van der Waals surface area contributed by atoms with Gasteiger partial charge in [-0.3, -0.25) is 14.6 Å². The number of nitrogens with zero attached hydrogens (tertiary/aromatic N) is 3. The van der Waals surface area contributed by atoms with E-state index in [9.17, 15) is 9.59 Å². The molecule has 8 N–H and O–H groups in total. The van der Waals surface area contributed by atoms with Crippen LogP contribution in [0.4, 0.5) is 0 Å². The molecule has 2 aromatic carbocycles. The summed E-state index contributed by atoms with van der Waals surface area (Å²) in [5, 5.41) is 10.4. The predicted octanol–water partition coefficient (Wildman–Crippen LogP) is 0.519. The maximum atomic E-state index is 13.6. The lowest BCUT2D eigenvalue weighted by atomic mass is 9.86. The number of guanidine groups is 1. The monoisotopic (exact) mass is 534 g/mol. The van der Waals surface area contributed by atoms with Gasteiger partial charge in [-0.05, 0) is 49.7 Å². The minimum Gasteiger partial charge on any atom is -0.370 e. The summed E-state index contributed by atoms with van der Waals surface area (Å²) in [7, 11) is 0. The number of hydrazine groups is 1. The summed E-state index contributed by atoms with van der Waals surface area (Å²) in [4.78, 5) is 30.7. The van der Waals surface area contributed by atoms with E-state index in [0.29, 0.717) is 45.3 Å². The quantitative estimate of drug-likeness (QED) is 0.151. The summed E-state index contributed by atoms with van der Waals surface area (Å²) in [6.07, 6.45) is 4.04. The van der Waals surface area contributed by atoms with Gasteiger partial charge in [-0.1, -0.05) is 60.7 Å². The van der Waals surface area contributed by atoms with Crippen LogP contribution in [-0.2, 0) is 22.4 Å². The number of amides is 2. The normalized spacial score (nSPS) is 22.0. The highest BCUT2D eigenvalue weighted by molar-refractivity contribution is 5.89. The van der Waals surface area contributed by atoms with Crippen LogP contribution in [0.3, 0.4) is 0 Å². The van der Waals surface area contributed by atoms with Crippen LogP contribution in [0.2, 0.25) is 0 Å². The molecule has 2 saturated heterocycles. The van der Waals surface area contributed by atoms with Gasteiger partial charge in [-0.2, -0.15) is 0 Å². The Labute approximate surface area is 231 Å². The van der Waals surface area contributed by atoms with Gasteiger partial charge in [0.05, 0.1) is 0 Å². The number of aliphatic imine (C=N–C) groups is 1. The van der Waals surface area contributed by atoms with Gasteiger partial charge >= 0.3 is 0 Å². The number of carbonyl (C=O) groups excluding carboxylic acids is 2. The highest BCUT2D eigenvalue weighted by Gasteiger charge is 2.45. The predicted molar refractivity (Wildman–Crippen MR) is 153 cm³/mol. The summed E-state index contributed by atoms with van der Waals surface area (Å²) in [6.45, 7) is 3.09. The van der Waals surface area contributed by atoms with Crippen LogP contribution in [-0.4, -0.2) is 78.1 Å². The standard InChI is InChI=1S/C29H42N8O2/c30-28(31)34-16-7-12-24(26(38)33-17-13-22-8-3-1-4-9-22)35-27(39)25-14-18-36-19-15-29(32,21-37(25)36)20-23-10-5-2-6-11-23/h1-6,8-11,24-25H,7,12-21,32H2,(H,33,38)(H,35,39)(H4,30,31,34)/t24-,25-,29+/m0/s1. The summed E-state index contributed by atoms with van der Waals surface area (Å²) in [5.74, 6) is -0.332. The Kier molecular flexibility index (Phi) is 9.91. The van der Waals surface area contributed by atoms with Crippen LogP contribution in [0.15, 0.2) is 65.7 Å². The third-order valence-electron chi connectivity index (χ3n) is 7.56. The lowest BCUT2D eigenvalue weighted by Crippen LogP contribution is -2.64. The van der Waals surface area contributed by atoms with Crippen LogP contribution >= 0.6 is 0 Å². The van der Waals surface area contributed by atoms with Crippen molar-refractivity contribution in [1.29, 1.82) is 0 Å². The van der Waals surface area contributed by atoms with Gasteiger partial charge in [-0.15, -0.1) is 0 Å². The maximum Gasteiger partial charge on any atom is 0.242 e. The van der Waals surface area contributed by atoms with Crippen molar-refractivity contribution in [3.05, 3.63) is 71.8 Å². The summed E-state index contributed by atoms with van der Waals surface area (Å²) in [6, 6.07) is 19.2. The zero-order valence-corrected chi connectivity index (χ0v) is 22.6. The molecule has 0 radical (unpaired) electrons. The number of hydrogen-bond donors (Lipinski definition) is 5. The van der Waals surface area contributed by atoms with Gasteiger partial charge in [-0.25, -0.2) is 10.0 Å². The molecule has 210 valence electrons. The average molecular weight is 535 g/mol. The first kappa shape index (κ1) is 28.5. The van der Waals surface area contributed by atoms with Crippen molar-refractivity contribution < 1.29 is 9.59 Å². The van der Waals surface area contributed by atoms with Gasteiger partial charge in [0.1, 0.15) is 12.1 Å². The summed E-state index contributed by atoms with van der Waals surface area (Å²) < 4.78 is 0. The van der Waals surface area contributed by atoms with Crippen LogP contribution in [0, 0.1) is 0 Å². The molecule has 0 spiro atoms.